The molecule has 0 bridgehead atoms. The van der Waals surface area contributed by atoms with E-state index in [9.17, 15) is 9.59 Å². The second-order valence-electron chi connectivity index (χ2n) is 7.44. The maximum absolute atomic E-state index is 12.4. The lowest BCUT2D eigenvalue weighted by Gasteiger charge is -2.42. The van der Waals surface area contributed by atoms with Crippen molar-refractivity contribution in [3.63, 3.8) is 0 Å². The Morgan fingerprint density at radius 3 is 2.56 bits per heavy atom. The van der Waals surface area contributed by atoms with E-state index in [0.29, 0.717) is 6.54 Å². The summed E-state index contributed by atoms with van der Waals surface area (Å²) in [6, 6.07) is 8.09. The molecule has 7 nitrogen and oxygen atoms in total. The summed E-state index contributed by atoms with van der Waals surface area (Å²) < 4.78 is 0. The van der Waals surface area contributed by atoms with Gasteiger partial charge in [-0.3, -0.25) is 9.69 Å². The quantitative estimate of drug-likeness (QED) is 0.683. The molecule has 1 saturated heterocycles. The fourth-order valence-electron chi connectivity index (χ4n) is 4.01. The highest BCUT2D eigenvalue weighted by Crippen LogP contribution is 2.29. The minimum atomic E-state index is -0.805. The van der Waals surface area contributed by atoms with Crippen LogP contribution in [0.1, 0.15) is 39.0 Å². The Morgan fingerprint density at radius 2 is 1.89 bits per heavy atom. The van der Waals surface area contributed by atoms with E-state index in [4.69, 9.17) is 5.11 Å². The third-order valence-corrected chi connectivity index (χ3v) is 5.56. The van der Waals surface area contributed by atoms with Gasteiger partial charge in [0.2, 0.25) is 0 Å². The topological polar surface area (TPSA) is 84.9 Å². The fraction of sp³-hybridized carbons (Fsp3) is 0.600. The highest BCUT2D eigenvalue weighted by molar-refractivity contribution is 5.93. The molecule has 0 unspecified atom stereocenters. The fourth-order valence-corrected chi connectivity index (χ4v) is 4.01. The van der Waals surface area contributed by atoms with Crippen molar-refractivity contribution >= 4 is 23.4 Å². The summed E-state index contributed by atoms with van der Waals surface area (Å²) in [7, 11) is 0. The van der Waals surface area contributed by atoms with Crippen molar-refractivity contribution < 1.29 is 14.7 Å². The molecule has 2 amide bonds. The number of piperidine rings is 1. The number of likely N-dealkylation sites (N-methyl/N-ethyl adjacent to an activating group) is 1. The third-order valence-electron chi connectivity index (χ3n) is 5.56. The van der Waals surface area contributed by atoms with Gasteiger partial charge in [-0.1, -0.05) is 19.1 Å². The Labute approximate surface area is 160 Å². The van der Waals surface area contributed by atoms with Crippen LogP contribution in [0.5, 0.6) is 0 Å². The van der Waals surface area contributed by atoms with E-state index in [1.807, 2.05) is 30.0 Å². The summed E-state index contributed by atoms with van der Waals surface area (Å²) in [5.41, 5.74) is 1.92. The predicted molar refractivity (Wildman–Crippen MR) is 106 cm³/mol. The lowest BCUT2D eigenvalue weighted by Crippen LogP contribution is -2.55. The number of hydrogen-bond acceptors (Lipinski definition) is 4. The van der Waals surface area contributed by atoms with Crippen molar-refractivity contribution in [2.45, 2.75) is 51.1 Å². The molecule has 2 aliphatic rings. The number of para-hydroxylation sites is 2. The molecule has 1 saturated carbocycles. The van der Waals surface area contributed by atoms with Crippen LogP contribution in [-0.2, 0) is 4.79 Å². The van der Waals surface area contributed by atoms with E-state index in [0.717, 1.165) is 37.3 Å². The lowest BCUT2D eigenvalue weighted by molar-refractivity contribution is -0.139. The molecule has 1 aliphatic heterocycles. The SMILES string of the molecule is CCN(CC(=O)O)C1CC(NC(=O)Nc2ccccc2N2CCCCC2)C1. The normalized spacial score (nSPS) is 22.2. The monoisotopic (exact) mass is 374 g/mol. The summed E-state index contributed by atoms with van der Waals surface area (Å²) in [5.74, 6) is -0.805. The van der Waals surface area contributed by atoms with E-state index >= 15 is 0 Å². The minimum absolute atomic E-state index is 0.0588. The van der Waals surface area contributed by atoms with Crippen LogP contribution >= 0.6 is 0 Å². The molecule has 0 spiro atoms. The number of anilines is 2. The summed E-state index contributed by atoms with van der Waals surface area (Å²) in [4.78, 5) is 27.6. The van der Waals surface area contributed by atoms with Gasteiger partial charge in [0, 0.05) is 25.2 Å². The number of carbonyl (C=O) groups is 2. The first-order valence-corrected chi connectivity index (χ1v) is 9.94. The van der Waals surface area contributed by atoms with Gasteiger partial charge in [0.1, 0.15) is 0 Å². The van der Waals surface area contributed by atoms with Gasteiger partial charge in [-0.05, 0) is 50.8 Å². The zero-order valence-electron chi connectivity index (χ0n) is 16.0. The Bertz CT molecular complexity index is 654. The van der Waals surface area contributed by atoms with Gasteiger partial charge < -0.3 is 20.6 Å². The van der Waals surface area contributed by atoms with Gasteiger partial charge in [-0.2, -0.15) is 0 Å². The number of carboxylic acid groups (broad SMARTS) is 1. The van der Waals surface area contributed by atoms with E-state index in [2.05, 4.69) is 21.6 Å². The molecule has 3 rings (SSSR count). The van der Waals surface area contributed by atoms with E-state index in [1.54, 1.807) is 0 Å². The number of nitrogens with zero attached hydrogens (tertiary/aromatic N) is 2. The molecule has 1 aromatic carbocycles. The van der Waals surface area contributed by atoms with Crippen molar-refractivity contribution in [3.05, 3.63) is 24.3 Å². The van der Waals surface area contributed by atoms with Crippen molar-refractivity contribution in [3.8, 4) is 0 Å². The number of carbonyl (C=O) groups excluding carboxylic acids is 1. The predicted octanol–water partition coefficient (Wildman–Crippen LogP) is 2.74. The molecular weight excluding hydrogens is 344 g/mol. The van der Waals surface area contributed by atoms with E-state index in [1.165, 1.54) is 19.3 Å². The van der Waals surface area contributed by atoms with Gasteiger partial charge >= 0.3 is 12.0 Å². The summed E-state index contributed by atoms with van der Waals surface area (Å²) in [5, 5.41) is 15.0. The third kappa shape index (κ3) is 5.13. The number of carboxylic acids is 1. The van der Waals surface area contributed by atoms with Crippen LogP contribution < -0.4 is 15.5 Å². The molecule has 2 fully saturated rings. The average Bonchev–Trinajstić information content (AvgIpc) is 2.63. The first-order valence-electron chi connectivity index (χ1n) is 9.94. The molecule has 7 heteroatoms. The highest BCUT2D eigenvalue weighted by atomic mass is 16.4. The number of amides is 2. The molecule has 3 N–H and O–H groups in total. The molecule has 0 radical (unpaired) electrons. The van der Waals surface area contributed by atoms with E-state index < -0.39 is 5.97 Å². The van der Waals surface area contributed by atoms with Crippen LogP contribution in [0.4, 0.5) is 16.2 Å². The number of benzene rings is 1. The lowest BCUT2D eigenvalue weighted by atomic mass is 9.85. The highest BCUT2D eigenvalue weighted by Gasteiger charge is 2.34. The van der Waals surface area contributed by atoms with Crippen molar-refractivity contribution in [1.29, 1.82) is 0 Å². The molecular formula is C20H30N4O3. The van der Waals surface area contributed by atoms with Crippen molar-refractivity contribution in [2.75, 3.05) is 36.4 Å². The summed E-state index contributed by atoms with van der Waals surface area (Å²) in [6.45, 7) is 4.79. The number of nitrogens with one attached hydrogen (secondary N) is 2. The van der Waals surface area contributed by atoms with Gasteiger partial charge in [0.25, 0.3) is 0 Å². The number of hydrogen-bond donors (Lipinski definition) is 3. The first-order chi connectivity index (χ1) is 13.1. The van der Waals surface area contributed by atoms with Crippen LogP contribution in [0.2, 0.25) is 0 Å². The van der Waals surface area contributed by atoms with Crippen molar-refractivity contribution in [2.24, 2.45) is 0 Å². The Morgan fingerprint density at radius 1 is 1.19 bits per heavy atom. The van der Waals surface area contributed by atoms with Crippen LogP contribution in [0, 0.1) is 0 Å². The van der Waals surface area contributed by atoms with Crippen LogP contribution in [-0.4, -0.2) is 60.3 Å². The van der Waals surface area contributed by atoms with E-state index in [-0.39, 0.29) is 24.7 Å². The average molecular weight is 374 g/mol. The molecule has 1 heterocycles. The second kappa shape index (κ2) is 9.08. The number of aliphatic carboxylic acids is 1. The minimum Gasteiger partial charge on any atom is -0.480 e. The molecule has 27 heavy (non-hydrogen) atoms. The molecule has 1 aliphatic carbocycles. The standard InChI is InChI=1S/C20H30N4O3/c1-2-23(14-19(25)26)16-12-15(13-16)21-20(27)22-17-8-4-5-9-18(17)24-10-6-3-7-11-24/h4-5,8-9,15-16H,2-3,6-7,10-14H2,1H3,(H,25,26)(H2,21,22,27). The zero-order chi connectivity index (χ0) is 19.2. The smallest absolute Gasteiger partial charge is 0.319 e. The molecule has 148 valence electrons. The number of urea groups is 1. The summed E-state index contributed by atoms with van der Waals surface area (Å²) in [6.07, 6.45) is 5.24. The molecule has 1 aromatic rings. The van der Waals surface area contributed by atoms with Crippen LogP contribution in [0.15, 0.2) is 24.3 Å². The first kappa shape index (κ1) is 19.5. The van der Waals surface area contributed by atoms with Gasteiger partial charge in [-0.15, -0.1) is 0 Å². The molecule has 0 atom stereocenters. The maximum atomic E-state index is 12.4. The van der Waals surface area contributed by atoms with Crippen molar-refractivity contribution in [1.82, 2.24) is 10.2 Å². The number of rotatable bonds is 7. The van der Waals surface area contributed by atoms with Gasteiger partial charge in [-0.25, -0.2) is 4.79 Å². The van der Waals surface area contributed by atoms with Gasteiger partial charge in [0.05, 0.1) is 17.9 Å². The molecule has 0 aromatic heterocycles. The second-order valence-corrected chi connectivity index (χ2v) is 7.44. The Balaban J connectivity index is 1.50. The Hall–Kier alpha value is -2.28. The van der Waals surface area contributed by atoms with Gasteiger partial charge in [0.15, 0.2) is 0 Å². The maximum Gasteiger partial charge on any atom is 0.319 e. The van der Waals surface area contributed by atoms with Crippen LogP contribution in [0.3, 0.4) is 0 Å². The Kier molecular flexibility index (Phi) is 6.55. The summed E-state index contributed by atoms with van der Waals surface area (Å²) >= 11 is 0. The van der Waals surface area contributed by atoms with Crippen LogP contribution in [0.25, 0.3) is 0 Å². The largest absolute Gasteiger partial charge is 0.480 e. The zero-order valence-corrected chi connectivity index (χ0v) is 16.0.